The van der Waals surface area contributed by atoms with Crippen LogP contribution < -0.4 is 6.15 Å². The molecule has 8 heteroatoms. The number of phosphoric ester groups is 1. The first-order valence-corrected chi connectivity index (χ1v) is 12.0. The van der Waals surface area contributed by atoms with Crippen LogP contribution in [0.5, 0.6) is 0 Å². The molecule has 1 amide bonds. The van der Waals surface area contributed by atoms with Crippen molar-refractivity contribution in [3.8, 4) is 0 Å². The Morgan fingerprint density at radius 3 is 2.06 bits per heavy atom. The van der Waals surface area contributed by atoms with Gasteiger partial charge in [-0.2, -0.15) is 0 Å². The standard InChI is InChI=1S/C23H30NO5P.H3N/c1-18-5-7-20(8-6-18)13-14-21-11-9-19(10-12-21)3-2-4-23(25)24-16-15-22(17-24)29-30(26,27)28;/h5-12,22H,2-4,13-17H2,1H3,(H2,26,27,28);1H3/t22-;/m1./s1. The van der Waals surface area contributed by atoms with Crippen molar-refractivity contribution >= 4 is 13.7 Å². The van der Waals surface area contributed by atoms with E-state index in [9.17, 15) is 9.36 Å². The summed E-state index contributed by atoms with van der Waals surface area (Å²) in [4.78, 5) is 31.7. The highest BCUT2D eigenvalue weighted by Crippen LogP contribution is 2.39. The number of hydrogen-bond donors (Lipinski definition) is 3. The highest BCUT2D eigenvalue weighted by Gasteiger charge is 2.31. The number of phosphoric acid groups is 1. The number of amides is 1. The minimum absolute atomic E-state index is 0. The first-order valence-electron chi connectivity index (χ1n) is 10.4. The van der Waals surface area contributed by atoms with Gasteiger partial charge in [-0.1, -0.05) is 54.1 Å². The number of likely N-dealkylation sites (tertiary alicyclic amines) is 1. The zero-order chi connectivity index (χ0) is 21.6. The molecule has 1 saturated heterocycles. The molecule has 31 heavy (non-hydrogen) atoms. The summed E-state index contributed by atoms with van der Waals surface area (Å²) in [5, 5.41) is 0. The number of aryl methyl sites for hydroxylation is 4. The van der Waals surface area contributed by atoms with Crippen molar-refractivity contribution in [1.29, 1.82) is 0 Å². The summed E-state index contributed by atoms with van der Waals surface area (Å²) in [5.74, 6) is 0.0153. The van der Waals surface area contributed by atoms with Crippen molar-refractivity contribution < 1.29 is 23.7 Å². The van der Waals surface area contributed by atoms with Gasteiger partial charge in [-0.05, 0) is 55.7 Å². The van der Waals surface area contributed by atoms with Crippen LogP contribution in [0.15, 0.2) is 48.5 Å². The van der Waals surface area contributed by atoms with Crippen LogP contribution in [0, 0.1) is 6.92 Å². The van der Waals surface area contributed by atoms with Gasteiger partial charge in [0.2, 0.25) is 5.91 Å². The first-order chi connectivity index (χ1) is 14.3. The topological polar surface area (TPSA) is 122 Å². The summed E-state index contributed by atoms with van der Waals surface area (Å²) in [5.41, 5.74) is 5.15. The zero-order valence-corrected chi connectivity index (χ0v) is 19.0. The third-order valence-electron chi connectivity index (χ3n) is 5.49. The smallest absolute Gasteiger partial charge is 0.344 e. The van der Waals surface area contributed by atoms with Gasteiger partial charge in [0.1, 0.15) is 0 Å². The van der Waals surface area contributed by atoms with Crippen molar-refractivity contribution in [3.63, 3.8) is 0 Å². The SMILES string of the molecule is Cc1ccc(CCc2ccc(CCCC(=O)N3CC[C@@H](OP(=O)(O)O)C3)cc2)cc1.N. The van der Waals surface area contributed by atoms with Gasteiger partial charge in [0.05, 0.1) is 6.10 Å². The van der Waals surface area contributed by atoms with Crippen LogP contribution in [0.2, 0.25) is 0 Å². The average molecular weight is 449 g/mol. The summed E-state index contributed by atoms with van der Waals surface area (Å²) in [6, 6.07) is 17.2. The van der Waals surface area contributed by atoms with E-state index in [-0.39, 0.29) is 18.6 Å². The molecule has 1 atom stereocenters. The molecular weight excluding hydrogens is 415 g/mol. The van der Waals surface area contributed by atoms with Gasteiger partial charge in [0.15, 0.2) is 0 Å². The van der Waals surface area contributed by atoms with E-state index in [1.165, 1.54) is 22.3 Å². The lowest BCUT2D eigenvalue weighted by Gasteiger charge is -2.17. The van der Waals surface area contributed by atoms with Crippen LogP contribution in [-0.2, 0) is 33.1 Å². The molecule has 2 aromatic carbocycles. The fourth-order valence-corrected chi connectivity index (χ4v) is 4.31. The molecule has 1 aliphatic heterocycles. The van der Waals surface area contributed by atoms with Gasteiger partial charge in [0, 0.05) is 19.5 Å². The number of nitrogens with zero attached hydrogens (tertiary/aromatic N) is 1. The molecule has 0 unspecified atom stereocenters. The molecule has 0 radical (unpaired) electrons. The molecule has 1 fully saturated rings. The fraction of sp³-hybridized carbons (Fsp3) is 0.435. The molecule has 0 aromatic heterocycles. The van der Waals surface area contributed by atoms with Crippen molar-refractivity contribution in [2.24, 2.45) is 0 Å². The van der Waals surface area contributed by atoms with Crippen molar-refractivity contribution in [1.82, 2.24) is 11.1 Å². The highest BCUT2D eigenvalue weighted by molar-refractivity contribution is 7.46. The summed E-state index contributed by atoms with van der Waals surface area (Å²) in [6.07, 6.45) is 3.93. The van der Waals surface area contributed by atoms with E-state index in [4.69, 9.17) is 14.3 Å². The maximum absolute atomic E-state index is 12.3. The lowest BCUT2D eigenvalue weighted by molar-refractivity contribution is -0.130. The van der Waals surface area contributed by atoms with Gasteiger partial charge >= 0.3 is 7.82 Å². The quantitative estimate of drug-likeness (QED) is 0.499. The van der Waals surface area contributed by atoms with Crippen LogP contribution in [0.25, 0.3) is 0 Å². The third kappa shape index (κ3) is 8.56. The number of carbonyl (C=O) groups is 1. The summed E-state index contributed by atoms with van der Waals surface area (Å²) in [7, 11) is -4.50. The van der Waals surface area contributed by atoms with Crippen molar-refractivity contribution in [3.05, 3.63) is 70.8 Å². The lowest BCUT2D eigenvalue weighted by atomic mass is 10.0. The Kier molecular flexibility index (Phi) is 9.41. The minimum atomic E-state index is -4.50. The molecule has 1 aliphatic rings. The van der Waals surface area contributed by atoms with Gasteiger partial charge < -0.3 is 20.8 Å². The lowest BCUT2D eigenvalue weighted by Crippen LogP contribution is -2.29. The summed E-state index contributed by atoms with van der Waals surface area (Å²) in [6.45, 7) is 2.83. The zero-order valence-electron chi connectivity index (χ0n) is 18.1. The van der Waals surface area contributed by atoms with Crippen molar-refractivity contribution in [2.75, 3.05) is 13.1 Å². The summed E-state index contributed by atoms with van der Waals surface area (Å²) < 4.78 is 15.6. The molecule has 7 nitrogen and oxygen atoms in total. The number of benzene rings is 2. The first kappa shape index (κ1) is 25.2. The Balaban J connectivity index is 0.00000341. The van der Waals surface area contributed by atoms with E-state index in [1.54, 1.807) is 4.90 Å². The highest BCUT2D eigenvalue weighted by atomic mass is 31.2. The van der Waals surface area contributed by atoms with Crippen molar-refractivity contribution in [2.45, 2.75) is 51.6 Å². The Hall–Kier alpha value is -2.02. The summed E-state index contributed by atoms with van der Waals surface area (Å²) >= 11 is 0. The third-order valence-corrected chi connectivity index (χ3v) is 6.06. The van der Waals surface area contributed by atoms with Gasteiger partial charge in [-0.3, -0.25) is 9.32 Å². The molecule has 5 N–H and O–H groups in total. The molecular formula is C23H33N2O5P. The van der Waals surface area contributed by atoms with E-state index in [0.29, 0.717) is 19.4 Å². The van der Waals surface area contributed by atoms with Gasteiger partial charge in [-0.15, -0.1) is 0 Å². The van der Waals surface area contributed by atoms with Gasteiger partial charge in [-0.25, -0.2) is 4.57 Å². The van der Waals surface area contributed by atoms with E-state index < -0.39 is 13.9 Å². The molecule has 0 spiro atoms. The molecule has 2 aromatic rings. The monoisotopic (exact) mass is 448 g/mol. The molecule has 0 aliphatic carbocycles. The van der Waals surface area contributed by atoms with E-state index in [0.717, 1.165) is 25.7 Å². The Morgan fingerprint density at radius 2 is 1.52 bits per heavy atom. The number of rotatable bonds is 9. The predicted octanol–water partition coefficient (Wildman–Crippen LogP) is 3.98. The Morgan fingerprint density at radius 1 is 1.00 bits per heavy atom. The van der Waals surface area contributed by atoms with Crippen LogP contribution in [-0.4, -0.2) is 39.8 Å². The van der Waals surface area contributed by atoms with Crippen LogP contribution >= 0.6 is 7.82 Å². The number of hydrogen-bond acceptors (Lipinski definition) is 4. The largest absolute Gasteiger partial charge is 0.469 e. The molecule has 1 heterocycles. The Labute approximate surface area is 184 Å². The Bertz CT molecular complexity index is 880. The minimum Gasteiger partial charge on any atom is -0.344 e. The second-order valence-electron chi connectivity index (χ2n) is 8.00. The van der Waals surface area contributed by atoms with E-state index in [2.05, 4.69) is 55.5 Å². The second kappa shape index (κ2) is 11.6. The molecule has 0 bridgehead atoms. The average Bonchev–Trinajstić information content (AvgIpc) is 3.15. The molecule has 170 valence electrons. The van der Waals surface area contributed by atoms with Crippen LogP contribution in [0.3, 0.4) is 0 Å². The van der Waals surface area contributed by atoms with E-state index in [1.807, 2.05) is 0 Å². The molecule has 0 saturated carbocycles. The molecule has 3 rings (SSSR count). The second-order valence-corrected chi connectivity index (χ2v) is 9.19. The van der Waals surface area contributed by atoms with Crippen LogP contribution in [0.1, 0.15) is 41.5 Å². The van der Waals surface area contributed by atoms with Gasteiger partial charge in [0.25, 0.3) is 0 Å². The normalized spacial score (nSPS) is 16.2. The number of carbonyl (C=O) groups excluding carboxylic acids is 1. The maximum atomic E-state index is 12.3. The predicted molar refractivity (Wildman–Crippen MR) is 121 cm³/mol. The maximum Gasteiger partial charge on any atom is 0.469 e. The van der Waals surface area contributed by atoms with Crippen LogP contribution in [0.4, 0.5) is 0 Å². The van der Waals surface area contributed by atoms with E-state index >= 15 is 0 Å². The fourth-order valence-electron chi connectivity index (χ4n) is 3.75.